The van der Waals surface area contributed by atoms with Crippen molar-refractivity contribution in [2.24, 2.45) is 0 Å². The van der Waals surface area contributed by atoms with Gasteiger partial charge in [0, 0.05) is 10.9 Å². The summed E-state index contributed by atoms with van der Waals surface area (Å²) in [5, 5.41) is 27.3. The summed E-state index contributed by atoms with van der Waals surface area (Å²) in [6.45, 7) is 0. The SMILES string of the molecule is Oc1ccc(-c2ccc3c(-c4ccc(O)cc4)n[nH]c3c2)cc1. The highest BCUT2D eigenvalue weighted by atomic mass is 16.3. The number of aromatic nitrogens is 2. The van der Waals surface area contributed by atoms with Gasteiger partial charge in [0.05, 0.1) is 11.2 Å². The molecule has 1 heterocycles. The van der Waals surface area contributed by atoms with Gasteiger partial charge in [-0.25, -0.2) is 0 Å². The van der Waals surface area contributed by atoms with Gasteiger partial charge in [0.2, 0.25) is 0 Å². The van der Waals surface area contributed by atoms with Crippen LogP contribution in [0.15, 0.2) is 66.7 Å². The Morgan fingerprint density at radius 1 is 0.652 bits per heavy atom. The second-order valence-electron chi connectivity index (χ2n) is 5.43. The van der Waals surface area contributed by atoms with E-state index >= 15 is 0 Å². The van der Waals surface area contributed by atoms with Crippen molar-refractivity contribution in [1.82, 2.24) is 10.2 Å². The van der Waals surface area contributed by atoms with Crippen LogP contribution in [0.4, 0.5) is 0 Å². The van der Waals surface area contributed by atoms with Gasteiger partial charge in [-0.2, -0.15) is 5.10 Å². The number of nitrogens with one attached hydrogen (secondary N) is 1. The number of aromatic amines is 1. The first-order valence-corrected chi connectivity index (χ1v) is 7.28. The van der Waals surface area contributed by atoms with Gasteiger partial charge in [-0.05, 0) is 59.7 Å². The normalized spacial score (nSPS) is 11.0. The molecule has 3 aromatic carbocycles. The average Bonchev–Trinajstić information content (AvgIpc) is 2.99. The third-order valence-electron chi connectivity index (χ3n) is 3.90. The Bertz CT molecular complexity index is 971. The molecule has 4 aromatic rings. The van der Waals surface area contributed by atoms with E-state index in [2.05, 4.69) is 10.2 Å². The molecule has 0 aliphatic rings. The number of aromatic hydroxyl groups is 2. The van der Waals surface area contributed by atoms with Crippen LogP contribution < -0.4 is 0 Å². The summed E-state index contributed by atoms with van der Waals surface area (Å²) < 4.78 is 0. The van der Waals surface area contributed by atoms with E-state index in [-0.39, 0.29) is 11.5 Å². The Morgan fingerprint density at radius 3 is 1.87 bits per heavy atom. The highest BCUT2D eigenvalue weighted by Crippen LogP contribution is 2.31. The second-order valence-corrected chi connectivity index (χ2v) is 5.43. The molecule has 112 valence electrons. The number of phenolic OH excluding ortho intramolecular Hbond substituents is 2. The summed E-state index contributed by atoms with van der Waals surface area (Å²) in [4.78, 5) is 0. The molecule has 4 rings (SSSR count). The van der Waals surface area contributed by atoms with Crippen molar-refractivity contribution in [3.8, 4) is 33.9 Å². The Kier molecular flexibility index (Phi) is 3.01. The van der Waals surface area contributed by atoms with E-state index in [9.17, 15) is 10.2 Å². The maximum absolute atomic E-state index is 9.40. The first-order chi connectivity index (χ1) is 11.2. The minimum atomic E-state index is 0.239. The third kappa shape index (κ3) is 2.40. The Balaban J connectivity index is 1.79. The van der Waals surface area contributed by atoms with Gasteiger partial charge in [-0.15, -0.1) is 0 Å². The average molecular weight is 302 g/mol. The number of rotatable bonds is 2. The first kappa shape index (κ1) is 13.4. The van der Waals surface area contributed by atoms with E-state index in [0.29, 0.717) is 0 Å². The Hall–Kier alpha value is -3.27. The summed E-state index contributed by atoms with van der Waals surface area (Å²) in [6, 6.07) is 20.2. The number of benzene rings is 3. The van der Waals surface area contributed by atoms with Gasteiger partial charge in [0.1, 0.15) is 11.5 Å². The number of hydrogen-bond donors (Lipinski definition) is 3. The lowest BCUT2D eigenvalue weighted by Gasteiger charge is -2.03. The van der Waals surface area contributed by atoms with Crippen molar-refractivity contribution in [2.45, 2.75) is 0 Å². The van der Waals surface area contributed by atoms with Crippen LogP contribution in [0.25, 0.3) is 33.3 Å². The number of H-pyrrole nitrogens is 1. The zero-order chi connectivity index (χ0) is 15.8. The summed E-state index contributed by atoms with van der Waals surface area (Å²) in [5.41, 5.74) is 4.84. The fourth-order valence-corrected chi connectivity index (χ4v) is 2.69. The maximum Gasteiger partial charge on any atom is 0.115 e. The summed E-state index contributed by atoms with van der Waals surface area (Å²) in [6.07, 6.45) is 0. The molecule has 3 N–H and O–H groups in total. The molecule has 0 atom stereocenters. The second kappa shape index (κ2) is 5.18. The molecule has 1 aromatic heterocycles. The number of nitrogens with zero attached hydrogens (tertiary/aromatic N) is 1. The summed E-state index contributed by atoms with van der Waals surface area (Å²) in [5.74, 6) is 0.495. The van der Waals surface area contributed by atoms with Crippen LogP contribution in [0.3, 0.4) is 0 Å². The quantitative estimate of drug-likeness (QED) is 0.517. The third-order valence-corrected chi connectivity index (χ3v) is 3.90. The largest absolute Gasteiger partial charge is 0.508 e. The van der Waals surface area contributed by atoms with Gasteiger partial charge in [-0.3, -0.25) is 5.10 Å². The van der Waals surface area contributed by atoms with E-state index in [1.54, 1.807) is 24.3 Å². The van der Waals surface area contributed by atoms with E-state index in [1.807, 2.05) is 42.5 Å². The van der Waals surface area contributed by atoms with Crippen molar-refractivity contribution >= 4 is 10.9 Å². The molecular weight excluding hydrogens is 288 g/mol. The number of fused-ring (bicyclic) bond motifs is 1. The van der Waals surface area contributed by atoms with E-state index in [0.717, 1.165) is 33.3 Å². The molecule has 0 unspecified atom stereocenters. The van der Waals surface area contributed by atoms with Crippen LogP contribution in [0.1, 0.15) is 0 Å². The van der Waals surface area contributed by atoms with Crippen LogP contribution in [-0.4, -0.2) is 20.4 Å². The minimum Gasteiger partial charge on any atom is -0.508 e. The standard InChI is InChI=1S/C19H14N2O2/c22-15-6-1-12(2-7-15)14-5-10-17-18(11-14)20-21-19(17)13-3-8-16(23)9-4-13/h1-11,22-23H,(H,20,21). The van der Waals surface area contributed by atoms with E-state index < -0.39 is 0 Å². The summed E-state index contributed by atoms with van der Waals surface area (Å²) >= 11 is 0. The molecule has 0 saturated carbocycles. The van der Waals surface area contributed by atoms with Gasteiger partial charge in [-0.1, -0.05) is 18.2 Å². The zero-order valence-corrected chi connectivity index (χ0v) is 12.2. The fraction of sp³-hybridized carbons (Fsp3) is 0. The molecule has 0 amide bonds. The van der Waals surface area contributed by atoms with Crippen molar-refractivity contribution in [3.05, 3.63) is 66.7 Å². The molecule has 0 aliphatic heterocycles. The zero-order valence-electron chi connectivity index (χ0n) is 12.2. The Labute approximate surface area is 132 Å². The lowest BCUT2D eigenvalue weighted by molar-refractivity contribution is 0.475. The van der Waals surface area contributed by atoms with Crippen molar-refractivity contribution in [3.63, 3.8) is 0 Å². The smallest absolute Gasteiger partial charge is 0.115 e. The molecule has 23 heavy (non-hydrogen) atoms. The predicted molar refractivity (Wildman–Crippen MR) is 90.3 cm³/mol. The monoisotopic (exact) mass is 302 g/mol. The van der Waals surface area contributed by atoms with Crippen molar-refractivity contribution < 1.29 is 10.2 Å². The topological polar surface area (TPSA) is 69.1 Å². The van der Waals surface area contributed by atoms with Crippen LogP contribution >= 0.6 is 0 Å². The minimum absolute atomic E-state index is 0.239. The molecule has 4 heteroatoms. The fourth-order valence-electron chi connectivity index (χ4n) is 2.69. The van der Waals surface area contributed by atoms with E-state index in [1.165, 1.54) is 0 Å². The molecule has 0 spiro atoms. The van der Waals surface area contributed by atoms with Gasteiger partial charge >= 0.3 is 0 Å². The molecule has 0 radical (unpaired) electrons. The molecule has 0 aliphatic carbocycles. The van der Waals surface area contributed by atoms with Gasteiger partial charge in [0.25, 0.3) is 0 Å². The molecular formula is C19H14N2O2. The predicted octanol–water partition coefficient (Wildman–Crippen LogP) is 4.31. The Morgan fingerprint density at radius 2 is 1.22 bits per heavy atom. The lowest BCUT2D eigenvalue weighted by atomic mass is 10.0. The van der Waals surface area contributed by atoms with E-state index in [4.69, 9.17) is 0 Å². The van der Waals surface area contributed by atoms with Crippen molar-refractivity contribution in [1.29, 1.82) is 0 Å². The lowest BCUT2D eigenvalue weighted by Crippen LogP contribution is -1.79. The highest BCUT2D eigenvalue weighted by Gasteiger charge is 2.09. The molecule has 0 bridgehead atoms. The number of hydrogen-bond acceptors (Lipinski definition) is 3. The molecule has 4 nitrogen and oxygen atoms in total. The highest BCUT2D eigenvalue weighted by molar-refractivity contribution is 5.95. The van der Waals surface area contributed by atoms with Crippen LogP contribution in [0.2, 0.25) is 0 Å². The molecule has 0 fully saturated rings. The summed E-state index contributed by atoms with van der Waals surface area (Å²) in [7, 11) is 0. The first-order valence-electron chi connectivity index (χ1n) is 7.28. The van der Waals surface area contributed by atoms with Gasteiger partial charge < -0.3 is 10.2 Å². The van der Waals surface area contributed by atoms with Crippen LogP contribution in [0, 0.1) is 0 Å². The number of phenols is 2. The van der Waals surface area contributed by atoms with Gasteiger partial charge in [0.15, 0.2) is 0 Å². The van der Waals surface area contributed by atoms with Crippen molar-refractivity contribution in [2.75, 3.05) is 0 Å². The molecule has 0 saturated heterocycles. The maximum atomic E-state index is 9.40. The van der Waals surface area contributed by atoms with Crippen LogP contribution in [-0.2, 0) is 0 Å². The van der Waals surface area contributed by atoms with Crippen LogP contribution in [0.5, 0.6) is 11.5 Å².